The Bertz CT molecular complexity index is 1150. The van der Waals surface area contributed by atoms with Crippen molar-refractivity contribution in [1.82, 2.24) is 19.4 Å². The van der Waals surface area contributed by atoms with Crippen LogP contribution in [0.5, 0.6) is 0 Å². The van der Waals surface area contributed by atoms with Crippen molar-refractivity contribution in [1.29, 1.82) is 0 Å². The van der Waals surface area contributed by atoms with Crippen molar-refractivity contribution in [3.05, 3.63) is 30.1 Å². The Kier molecular flexibility index (Phi) is 6.76. The number of imidazole rings is 1. The molecule has 1 aromatic carbocycles. The SMILES string of the molecule is C[C@@H]1CC[C@@H]2C[C@H]1C[C@@H](N1[C@@H]3CCC[C@H]1C[C@@H](n1c([C@H]4CCCN(CC(=O)O)C4)nc4ccccc41)C3)C2. The molecule has 5 aliphatic rings. The molecule has 6 heteroatoms. The molecule has 7 rings (SSSR count). The Morgan fingerprint density at radius 1 is 0.921 bits per heavy atom. The van der Waals surface area contributed by atoms with Crippen molar-refractivity contribution < 1.29 is 9.90 Å². The first kappa shape index (κ1) is 25.1. The Morgan fingerprint density at radius 2 is 1.74 bits per heavy atom. The Hall–Kier alpha value is -1.92. The number of likely N-dealkylation sites (tertiary alicyclic amines) is 1. The summed E-state index contributed by atoms with van der Waals surface area (Å²) in [4.78, 5) is 21.9. The molecular weight excluding hydrogens is 472 g/mol. The number of hydrogen-bond acceptors (Lipinski definition) is 4. The molecule has 38 heavy (non-hydrogen) atoms. The highest BCUT2D eigenvalue weighted by Crippen LogP contribution is 2.49. The van der Waals surface area contributed by atoms with E-state index >= 15 is 0 Å². The summed E-state index contributed by atoms with van der Waals surface area (Å²) < 4.78 is 2.64. The van der Waals surface area contributed by atoms with Gasteiger partial charge in [0, 0.05) is 36.6 Å². The van der Waals surface area contributed by atoms with Gasteiger partial charge in [0.2, 0.25) is 0 Å². The first-order valence-corrected chi connectivity index (χ1v) is 15.7. The van der Waals surface area contributed by atoms with Crippen LogP contribution in [0.15, 0.2) is 24.3 Å². The van der Waals surface area contributed by atoms with Crippen molar-refractivity contribution >= 4 is 17.0 Å². The van der Waals surface area contributed by atoms with Gasteiger partial charge >= 0.3 is 5.97 Å². The zero-order valence-electron chi connectivity index (χ0n) is 23.2. The molecule has 3 saturated heterocycles. The molecule has 5 fully saturated rings. The van der Waals surface area contributed by atoms with Crippen LogP contribution >= 0.6 is 0 Å². The molecule has 0 radical (unpaired) electrons. The molecular formula is C32H46N4O2. The van der Waals surface area contributed by atoms with Crippen LogP contribution in [0.25, 0.3) is 11.0 Å². The maximum Gasteiger partial charge on any atom is 0.317 e. The Balaban J connectivity index is 1.17. The van der Waals surface area contributed by atoms with Crippen LogP contribution in [0.4, 0.5) is 0 Å². The molecule has 3 aliphatic heterocycles. The Morgan fingerprint density at radius 3 is 2.55 bits per heavy atom. The fraction of sp³-hybridized carbons (Fsp3) is 0.750. The molecule has 206 valence electrons. The number of carboxylic acids is 1. The summed E-state index contributed by atoms with van der Waals surface area (Å²) in [5.41, 5.74) is 2.40. The maximum absolute atomic E-state index is 11.5. The first-order chi connectivity index (χ1) is 18.5. The van der Waals surface area contributed by atoms with E-state index < -0.39 is 5.97 Å². The lowest BCUT2D eigenvalue weighted by Crippen LogP contribution is -2.58. The molecule has 1 aromatic heterocycles. The quantitative estimate of drug-likeness (QED) is 0.520. The fourth-order valence-electron chi connectivity index (χ4n) is 9.66. The van der Waals surface area contributed by atoms with Gasteiger partial charge in [-0.15, -0.1) is 0 Å². The molecule has 4 bridgehead atoms. The van der Waals surface area contributed by atoms with Crippen molar-refractivity contribution in [3.8, 4) is 0 Å². The minimum Gasteiger partial charge on any atom is -0.480 e. The highest BCUT2D eigenvalue weighted by Gasteiger charge is 2.46. The fourth-order valence-corrected chi connectivity index (χ4v) is 9.66. The van der Waals surface area contributed by atoms with E-state index in [1.807, 2.05) is 0 Å². The molecule has 0 amide bonds. The third-order valence-electron chi connectivity index (χ3n) is 11.3. The highest BCUT2D eigenvalue weighted by atomic mass is 16.4. The van der Waals surface area contributed by atoms with E-state index in [-0.39, 0.29) is 6.54 Å². The summed E-state index contributed by atoms with van der Waals surface area (Å²) in [6, 6.07) is 11.4. The largest absolute Gasteiger partial charge is 0.480 e. The Labute approximate surface area is 227 Å². The lowest BCUT2D eigenvalue weighted by atomic mass is 9.64. The summed E-state index contributed by atoms with van der Waals surface area (Å²) in [5.74, 6) is 3.65. The van der Waals surface area contributed by atoms with E-state index in [0.717, 1.165) is 55.2 Å². The molecule has 4 heterocycles. The lowest BCUT2D eigenvalue weighted by Gasteiger charge is -2.56. The van der Waals surface area contributed by atoms with Gasteiger partial charge in [0.15, 0.2) is 0 Å². The van der Waals surface area contributed by atoms with Crippen molar-refractivity contribution in [2.75, 3.05) is 19.6 Å². The van der Waals surface area contributed by atoms with Gasteiger partial charge in [-0.05, 0) is 94.2 Å². The van der Waals surface area contributed by atoms with E-state index in [1.165, 1.54) is 75.5 Å². The average molecular weight is 519 g/mol. The second kappa shape index (κ2) is 10.2. The van der Waals surface area contributed by atoms with E-state index in [4.69, 9.17) is 4.98 Å². The van der Waals surface area contributed by atoms with Crippen molar-refractivity contribution in [2.24, 2.45) is 17.8 Å². The number of carbonyl (C=O) groups is 1. The number of fused-ring (bicyclic) bond motifs is 5. The second-order valence-corrected chi connectivity index (χ2v) is 13.6. The maximum atomic E-state index is 11.5. The van der Waals surface area contributed by atoms with Gasteiger partial charge in [-0.2, -0.15) is 0 Å². The van der Waals surface area contributed by atoms with Crippen LogP contribution in [0.1, 0.15) is 102 Å². The minimum atomic E-state index is -0.722. The third-order valence-corrected chi connectivity index (χ3v) is 11.3. The molecule has 2 saturated carbocycles. The number of piperidine rings is 3. The number of nitrogens with zero attached hydrogens (tertiary/aromatic N) is 4. The molecule has 6 nitrogen and oxygen atoms in total. The smallest absolute Gasteiger partial charge is 0.317 e. The van der Waals surface area contributed by atoms with Crippen molar-refractivity contribution in [2.45, 2.75) is 114 Å². The zero-order chi connectivity index (χ0) is 25.8. The predicted molar refractivity (Wildman–Crippen MR) is 150 cm³/mol. The van der Waals surface area contributed by atoms with Gasteiger partial charge in [0.25, 0.3) is 0 Å². The summed E-state index contributed by atoms with van der Waals surface area (Å²) in [6.07, 6.45) is 16.0. The number of para-hydroxylation sites is 2. The van der Waals surface area contributed by atoms with E-state index in [2.05, 4.69) is 45.6 Å². The van der Waals surface area contributed by atoms with Gasteiger partial charge in [0.1, 0.15) is 5.82 Å². The van der Waals surface area contributed by atoms with Gasteiger partial charge in [-0.25, -0.2) is 4.98 Å². The van der Waals surface area contributed by atoms with Crippen LogP contribution in [0, 0.1) is 17.8 Å². The van der Waals surface area contributed by atoms with Crippen LogP contribution in [-0.2, 0) is 4.79 Å². The number of hydrogen-bond donors (Lipinski definition) is 1. The van der Waals surface area contributed by atoms with E-state index in [9.17, 15) is 9.90 Å². The van der Waals surface area contributed by atoms with Gasteiger partial charge in [-0.1, -0.05) is 38.3 Å². The molecule has 0 unspecified atom stereocenters. The van der Waals surface area contributed by atoms with Gasteiger partial charge < -0.3 is 9.67 Å². The van der Waals surface area contributed by atoms with E-state index in [0.29, 0.717) is 24.0 Å². The van der Waals surface area contributed by atoms with Gasteiger partial charge in [-0.3, -0.25) is 14.6 Å². The minimum absolute atomic E-state index is 0.140. The summed E-state index contributed by atoms with van der Waals surface area (Å²) in [5, 5.41) is 9.42. The number of rotatable bonds is 5. The number of benzene rings is 1. The first-order valence-electron chi connectivity index (χ1n) is 15.7. The standard InChI is InChI=1S/C32H46N4O2/c1-21-11-12-22-14-24(21)16-27(15-22)35-25-7-4-8-26(35)18-28(17-25)36-30-10-3-2-9-29(30)33-32(36)23-6-5-13-34(19-23)20-31(37)38/h2-3,9-10,21-28H,4-8,11-20H2,1H3,(H,37,38)/t21-,22-,23+,24+,25-,26+,27+,28+/m1/s1. The molecule has 0 spiro atoms. The number of carboxylic acid groups (broad SMARTS) is 1. The van der Waals surface area contributed by atoms with Crippen LogP contribution in [0.2, 0.25) is 0 Å². The van der Waals surface area contributed by atoms with Crippen LogP contribution in [0.3, 0.4) is 0 Å². The predicted octanol–water partition coefficient (Wildman–Crippen LogP) is 6.07. The lowest BCUT2D eigenvalue weighted by molar-refractivity contribution is -0.138. The highest BCUT2D eigenvalue weighted by molar-refractivity contribution is 5.76. The zero-order valence-corrected chi connectivity index (χ0v) is 23.2. The number of aromatic nitrogens is 2. The van der Waals surface area contributed by atoms with Crippen LogP contribution in [-0.4, -0.2) is 68.2 Å². The molecule has 8 atom stereocenters. The monoisotopic (exact) mass is 518 g/mol. The second-order valence-electron chi connectivity index (χ2n) is 13.6. The summed E-state index contributed by atoms with van der Waals surface area (Å²) in [7, 11) is 0. The van der Waals surface area contributed by atoms with Crippen LogP contribution < -0.4 is 0 Å². The third kappa shape index (κ3) is 4.60. The summed E-state index contributed by atoms with van der Waals surface area (Å²) >= 11 is 0. The molecule has 2 aromatic rings. The summed E-state index contributed by atoms with van der Waals surface area (Å²) in [6.45, 7) is 4.35. The van der Waals surface area contributed by atoms with Crippen molar-refractivity contribution in [3.63, 3.8) is 0 Å². The molecule has 2 aliphatic carbocycles. The number of aliphatic carboxylic acids is 1. The topological polar surface area (TPSA) is 61.6 Å². The molecule has 1 N–H and O–H groups in total. The average Bonchev–Trinajstić information content (AvgIpc) is 3.30. The normalized spacial score (nSPS) is 38.3. The van der Waals surface area contributed by atoms with Gasteiger partial charge in [0.05, 0.1) is 17.6 Å². The van der Waals surface area contributed by atoms with E-state index in [1.54, 1.807) is 0 Å².